The summed E-state index contributed by atoms with van der Waals surface area (Å²) in [7, 11) is 0. The highest BCUT2D eigenvalue weighted by Crippen LogP contribution is 2.22. The van der Waals surface area contributed by atoms with E-state index >= 15 is 0 Å². The van der Waals surface area contributed by atoms with E-state index in [1.807, 2.05) is 42.5 Å². The Labute approximate surface area is 169 Å². The lowest BCUT2D eigenvalue weighted by Gasteiger charge is -2.12. The predicted octanol–water partition coefficient (Wildman–Crippen LogP) is 3.04. The van der Waals surface area contributed by atoms with Gasteiger partial charge in [0.1, 0.15) is 5.75 Å². The minimum absolute atomic E-state index is 0.104. The Hall–Kier alpha value is -3.35. The van der Waals surface area contributed by atoms with Crippen molar-refractivity contribution < 1.29 is 23.9 Å². The summed E-state index contributed by atoms with van der Waals surface area (Å²) in [5.74, 6) is -0.855. The van der Waals surface area contributed by atoms with E-state index in [9.17, 15) is 14.4 Å². The molecule has 0 saturated heterocycles. The molecule has 7 nitrogen and oxygen atoms in total. The fourth-order valence-corrected chi connectivity index (χ4v) is 3.16. The van der Waals surface area contributed by atoms with Gasteiger partial charge in [-0.3, -0.25) is 10.1 Å². The van der Waals surface area contributed by atoms with Crippen LogP contribution < -0.4 is 15.4 Å². The molecule has 1 saturated carbocycles. The summed E-state index contributed by atoms with van der Waals surface area (Å²) in [4.78, 5) is 35.1. The number of nitrogens with one attached hydrogen (secondary N) is 2. The molecule has 0 heterocycles. The van der Waals surface area contributed by atoms with Gasteiger partial charge >= 0.3 is 12.0 Å². The Morgan fingerprint density at radius 3 is 2.21 bits per heavy atom. The second-order valence-electron chi connectivity index (χ2n) is 6.84. The SMILES string of the molecule is O=C(COC(=O)COc1ccc(-c2ccccc2)cc1)NC(=O)NC1CCCC1. The highest BCUT2D eigenvalue weighted by molar-refractivity contribution is 5.95. The number of urea groups is 1. The first-order valence-corrected chi connectivity index (χ1v) is 9.64. The monoisotopic (exact) mass is 396 g/mol. The maximum atomic E-state index is 11.7. The van der Waals surface area contributed by atoms with Gasteiger partial charge in [-0.25, -0.2) is 9.59 Å². The molecule has 2 N–H and O–H groups in total. The molecular formula is C22H24N2O5. The zero-order valence-corrected chi connectivity index (χ0v) is 16.1. The van der Waals surface area contributed by atoms with Crippen molar-refractivity contribution in [2.45, 2.75) is 31.7 Å². The normalized spacial score (nSPS) is 13.5. The van der Waals surface area contributed by atoms with Gasteiger partial charge in [0.2, 0.25) is 0 Å². The average molecular weight is 396 g/mol. The molecule has 3 rings (SSSR count). The maximum absolute atomic E-state index is 11.7. The van der Waals surface area contributed by atoms with Crippen LogP contribution in [0.2, 0.25) is 0 Å². The quantitative estimate of drug-likeness (QED) is 0.702. The van der Waals surface area contributed by atoms with E-state index in [1.165, 1.54) is 0 Å². The lowest BCUT2D eigenvalue weighted by molar-refractivity contribution is -0.150. The van der Waals surface area contributed by atoms with Crippen molar-refractivity contribution in [3.63, 3.8) is 0 Å². The van der Waals surface area contributed by atoms with Crippen LogP contribution in [0.15, 0.2) is 54.6 Å². The fourth-order valence-electron chi connectivity index (χ4n) is 3.16. The van der Waals surface area contributed by atoms with Gasteiger partial charge in [-0.1, -0.05) is 55.3 Å². The van der Waals surface area contributed by atoms with Gasteiger partial charge in [0, 0.05) is 6.04 Å². The van der Waals surface area contributed by atoms with Crippen molar-refractivity contribution in [3.8, 4) is 16.9 Å². The molecule has 1 aliphatic rings. The summed E-state index contributed by atoms with van der Waals surface area (Å²) in [5, 5.41) is 4.88. The lowest BCUT2D eigenvalue weighted by Crippen LogP contribution is -2.45. The molecule has 2 aromatic carbocycles. The zero-order chi connectivity index (χ0) is 20.5. The Morgan fingerprint density at radius 1 is 0.862 bits per heavy atom. The molecule has 2 aromatic rings. The van der Waals surface area contributed by atoms with Crippen molar-refractivity contribution in [2.75, 3.05) is 13.2 Å². The van der Waals surface area contributed by atoms with E-state index in [0.29, 0.717) is 5.75 Å². The number of amides is 3. The molecule has 152 valence electrons. The van der Waals surface area contributed by atoms with Crippen LogP contribution in [0.3, 0.4) is 0 Å². The zero-order valence-electron chi connectivity index (χ0n) is 16.1. The van der Waals surface area contributed by atoms with Gasteiger partial charge in [0.25, 0.3) is 5.91 Å². The molecule has 0 aromatic heterocycles. The number of imide groups is 1. The highest BCUT2D eigenvalue weighted by Gasteiger charge is 2.18. The Morgan fingerprint density at radius 2 is 1.52 bits per heavy atom. The average Bonchev–Trinajstić information content (AvgIpc) is 3.24. The minimum Gasteiger partial charge on any atom is -0.482 e. The van der Waals surface area contributed by atoms with Gasteiger partial charge in [0.15, 0.2) is 13.2 Å². The largest absolute Gasteiger partial charge is 0.482 e. The van der Waals surface area contributed by atoms with Crippen molar-refractivity contribution >= 4 is 17.9 Å². The molecule has 0 aliphatic heterocycles. The van der Waals surface area contributed by atoms with Gasteiger partial charge in [0.05, 0.1) is 0 Å². The smallest absolute Gasteiger partial charge is 0.344 e. The summed E-state index contributed by atoms with van der Waals surface area (Å²) in [5.41, 5.74) is 2.12. The topological polar surface area (TPSA) is 93.7 Å². The Balaban J connectivity index is 1.35. The number of carbonyl (C=O) groups is 3. The third-order valence-corrected chi connectivity index (χ3v) is 4.63. The molecule has 1 fully saturated rings. The number of rotatable bonds is 7. The van der Waals surface area contributed by atoms with Crippen molar-refractivity contribution in [3.05, 3.63) is 54.6 Å². The summed E-state index contributed by atoms with van der Waals surface area (Å²) in [6, 6.07) is 16.7. The molecule has 0 spiro atoms. The van der Waals surface area contributed by atoms with Crippen LogP contribution in [0.25, 0.3) is 11.1 Å². The van der Waals surface area contributed by atoms with Gasteiger partial charge in [-0.2, -0.15) is 0 Å². The van der Waals surface area contributed by atoms with Crippen molar-refractivity contribution in [1.29, 1.82) is 0 Å². The first kappa shape index (κ1) is 20.4. The van der Waals surface area contributed by atoms with Gasteiger partial charge in [-0.05, 0) is 36.1 Å². The van der Waals surface area contributed by atoms with E-state index < -0.39 is 24.5 Å². The van der Waals surface area contributed by atoms with Crippen LogP contribution in [-0.2, 0) is 14.3 Å². The summed E-state index contributed by atoms with van der Waals surface area (Å²) >= 11 is 0. The van der Waals surface area contributed by atoms with Gasteiger partial charge in [-0.15, -0.1) is 0 Å². The predicted molar refractivity (Wildman–Crippen MR) is 107 cm³/mol. The van der Waals surface area contributed by atoms with Crippen LogP contribution in [0.4, 0.5) is 4.79 Å². The second kappa shape index (κ2) is 10.3. The minimum atomic E-state index is -0.691. The number of carbonyl (C=O) groups excluding carboxylic acids is 3. The highest BCUT2D eigenvalue weighted by atomic mass is 16.6. The van der Waals surface area contributed by atoms with Gasteiger partial charge < -0.3 is 14.8 Å². The second-order valence-corrected chi connectivity index (χ2v) is 6.84. The van der Waals surface area contributed by atoms with Crippen LogP contribution in [0, 0.1) is 0 Å². The third-order valence-electron chi connectivity index (χ3n) is 4.63. The Bertz CT molecular complexity index is 830. The van der Waals surface area contributed by atoms with E-state index in [-0.39, 0.29) is 12.6 Å². The standard InChI is InChI=1S/C22H24N2O5/c25-20(24-22(27)23-18-8-4-5-9-18)14-29-21(26)15-28-19-12-10-17(11-13-19)16-6-2-1-3-7-16/h1-3,6-7,10-13,18H,4-5,8-9,14-15H2,(H2,23,24,25,27). The molecule has 0 radical (unpaired) electrons. The summed E-state index contributed by atoms with van der Waals surface area (Å²) in [6.07, 6.45) is 3.98. The van der Waals surface area contributed by atoms with Crippen LogP contribution in [-0.4, -0.2) is 37.2 Å². The van der Waals surface area contributed by atoms with E-state index in [2.05, 4.69) is 10.6 Å². The van der Waals surface area contributed by atoms with Crippen LogP contribution in [0.5, 0.6) is 5.75 Å². The fraction of sp³-hybridized carbons (Fsp3) is 0.318. The summed E-state index contributed by atoms with van der Waals surface area (Å²) in [6.45, 7) is -0.862. The van der Waals surface area contributed by atoms with Crippen molar-refractivity contribution in [2.24, 2.45) is 0 Å². The summed E-state index contributed by atoms with van der Waals surface area (Å²) < 4.78 is 10.2. The lowest BCUT2D eigenvalue weighted by atomic mass is 10.1. The first-order valence-electron chi connectivity index (χ1n) is 9.64. The molecule has 0 unspecified atom stereocenters. The first-order chi connectivity index (χ1) is 14.1. The maximum Gasteiger partial charge on any atom is 0.344 e. The number of hydrogen-bond donors (Lipinski definition) is 2. The van der Waals surface area contributed by atoms with Crippen LogP contribution in [0.1, 0.15) is 25.7 Å². The van der Waals surface area contributed by atoms with Crippen LogP contribution >= 0.6 is 0 Å². The van der Waals surface area contributed by atoms with E-state index in [0.717, 1.165) is 36.8 Å². The molecule has 29 heavy (non-hydrogen) atoms. The number of ether oxygens (including phenoxy) is 2. The number of esters is 1. The number of hydrogen-bond acceptors (Lipinski definition) is 5. The van der Waals surface area contributed by atoms with E-state index in [1.54, 1.807) is 12.1 Å². The molecule has 3 amide bonds. The molecule has 7 heteroatoms. The Kier molecular flexibility index (Phi) is 7.22. The molecular weight excluding hydrogens is 372 g/mol. The number of benzene rings is 2. The molecule has 0 atom stereocenters. The molecule has 1 aliphatic carbocycles. The molecule has 0 bridgehead atoms. The van der Waals surface area contributed by atoms with E-state index in [4.69, 9.17) is 9.47 Å². The van der Waals surface area contributed by atoms with Crippen molar-refractivity contribution in [1.82, 2.24) is 10.6 Å². The third kappa shape index (κ3) is 6.64.